The van der Waals surface area contributed by atoms with Crippen molar-refractivity contribution in [3.63, 3.8) is 0 Å². The fourth-order valence-corrected chi connectivity index (χ4v) is 2.79. The first-order chi connectivity index (χ1) is 5.84. The molecule has 1 saturated carbocycles. The number of hydrogen-bond acceptors (Lipinski definition) is 1. The van der Waals surface area contributed by atoms with Crippen LogP contribution in [0.15, 0.2) is 0 Å². The molecular weight excluding hydrogens is 174 g/mol. The molecule has 0 aromatic carbocycles. The molecule has 2 aliphatic rings. The second-order valence-electron chi connectivity index (χ2n) is 5.15. The van der Waals surface area contributed by atoms with E-state index in [0.29, 0.717) is 13.0 Å². The Labute approximate surface area is 77.5 Å². The third-order valence-corrected chi connectivity index (χ3v) is 3.42. The van der Waals surface area contributed by atoms with Crippen LogP contribution in [0.1, 0.15) is 33.6 Å². The molecular formula is C10H16F2O. The Morgan fingerprint density at radius 1 is 1.31 bits per heavy atom. The van der Waals surface area contributed by atoms with Crippen LogP contribution in [0.3, 0.4) is 0 Å². The van der Waals surface area contributed by atoms with Gasteiger partial charge in [-0.1, -0.05) is 20.8 Å². The summed E-state index contributed by atoms with van der Waals surface area (Å²) in [6.45, 7) is 6.01. The zero-order valence-corrected chi connectivity index (χ0v) is 8.36. The van der Waals surface area contributed by atoms with Gasteiger partial charge in [0.25, 0.3) is 5.92 Å². The summed E-state index contributed by atoms with van der Waals surface area (Å²) in [7, 11) is 0. The molecule has 0 N–H and O–H groups in total. The summed E-state index contributed by atoms with van der Waals surface area (Å²) in [6, 6.07) is 0. The van der Waals surface area contributed by atoms with Crippen molar-refractivity contribution in [3.8, 4) is 0 Å². The highest BCUT2D eigenvalue weighted by Gasteiger charge is 2.86. The molecule has 0 aromatic heterocycles. The summed E-state index contributed by atoms with van der Waals surface area (Å²) in [5.41, 5.74) is -1.61. The first-order valence-electron chi connectivity index (χ1n) is 4.86. The van der Waals surface area contributed by atoms with Crippen molar-refractivity contribution in [2.45, 2.75) is 45.1 Å². The van der Waals surface area contributed by atoms with E-state index < -0.39 is 22.9 Å². The number of hydrogen-bond donors (Lipinski definition) is 0. The van der Waals surface area contributed by atoms with Crippen molar-refractivity contribution in [3.05, 3.63) is 0 Å². The van der Waals surface area contributed by atoms with Gasteiger partial charge in [-0.05, 0) is 18.3 Å². The van der Waals surface area contributed by atoms with E-state index in [4.69, 9.17) is 4.74 Å². The Morgan fingerprint density at radius 3 is 2.31 bits per heavy atom. The van der Waals surface area contributed by atoms with E-state index >= 15 is 0 Å². The van der Waals surface area contributed by atoms with Gasteiger partial charge in [-0.25, -0.2) is 8.78 Å². The van der Waals surface area contributed by atoms with Crippen LogP contribution in [-0.2, 0) is 4.74 Å². The molecule has 0 radical (unpaired) electrons. The van der Waals surface area contributed by atoms with E-state index in [1.165, 1.54) is 0 Å². The topological polar surface area (TPSA) is 9.23 Å². The molecule has 2 fully saturated rings. The average Bonchev–Trinajstić information content (AvgIpc) is 2.51. The van der Waals surface area contributed by atoms with Crippen LogP contribution in [0, 0.1) is 11.3 Å². The zero-order chi connectivity index (χ0) is 9.91. The Bertz CT molecular complexity index is 232. The second kappa shape index (κ2) is 2.25. The fourth-order valence-electron chi connectivity index (χ4n) is 2.79. The molecule has 0 bridgehead atoms. The number of rotatable bonds is 0. The maximum Gasteiger partial charge on any atom is 0.283 e. The third kappa shape index (κ3) is 0.888. The summed E-state index contributed by atoms with van der Waals surface area (Å²) < 4.78 is 32.4. The monoisotopic (exact) mass is 190 g/mol. The highest BCUT2D eigenvalue weighted by Crippen LogP contribution is 2.71. The van der Waals surface area contributed by atoms with Crippen LogP contribution in [0.5, 0.6) is 0 Å². The summed E-state index contributed by atoms with van der Waals surface area (Å²) in [5, 5.41) is 0. The van der Waals surface area contributed by atoms with Gasteiger partial charge in [0.15, 0.2) is 0 Å². The lowest BCUT2D eigenvalue weighted by Crippen LogP contribution is -2.39. The van der Waals surface area contributed by atoms with Crippen LogP contribution in [0.4, 0.5) is 8.78 Å². The zero-order valence-electron chi connectivity index (χ0n) is 8.36. The number of fused-ring (bicyclic) bond motifs is 1. The van der Waals surface area contributed by atoms with Gasteiger partial charge < -0.3 is 4.74 Å². The minimum atomic E-state index is -2.60. The van der Waals surface area contributed by atoms with Crippen LogP contribution in [0.2, 0.25) is 0 Å². The Balaban J connectivity index is 2.32. The lowest BCUT2D eigenvalue weighted by atomic mass is 9.83. The molecule has 2 unspecified atom stereocenters. The summed E-state index contributed by atoms with van der Waals surface area (Å²) >= 11 is 0. The van der Waals surface area contributed by atoms with Gasteiger partial charge in [-0.2, -0.15) is 0 Å². The molecule has 1 nitrogen and oxygen atoms in total. The largest absolute Gasteiger partial charge is 0.368 e. The fraction of sp³-hybridized carbons (Fsp3) is 1.00. The van der Waals surface area contributed by atoms with Gasteiger partial charge in [-0.3, -0.25) is 0 Å². The van der Waals surface area contributed by atoms with Crippen molar-refractivity contribution in [1.29, 1.82) is 0 Å². The van der Waals surface area contributed by atoms with E-state index in [2.05, 4.69) is 0 Å². The molecule has 1 aliphatic heterocycles. The standard InChI is InChI=1S/C10H16F2O/c1-8(2,3)9-7(10(9,11)12)5-4-6-13-9/h7H,4-6H2,1-3H3. The normalized spacial score (nSPS) is 42.7. The lowest BCUT2D eigenvalue weighted by Gasteiger charge is -2.33. The van der Waals surface area contributed by atoms with Gasteiger partial charge in [0.2, 0.25) is 0 Å². The van der Waals surface area contributed by atoms with Gasteiger partial charge in [0.1, 0.15) is 5.60 Å². The highest BCUT2D eigenvalue weighted by molar-refractivity contribution is 5.26. The average molecular weight is 190 g/mol. The first kappa shape index (κ1) is 9.38. The molecule has 3 heteroatoms. The Hall–Kier alpha value is -0.180. The number of alkyl halides is 2. The van der Waals surface area contributed by atoms with Crippen molar-refractivity contribution in [2.75, 3.05) is 6.61 Å². The van der Waals surface area contributed by atoms with Crippen LogP contribution in [-0.4, -0.2) is 18.1 Å². The smallest absolute Gasteiger partial charge is 0.283 e. The highest BCUT2D eigenvalue weighted by atomic mass is 19.3. The van der Waals surface area contributed by atoms with Crippen LogP contribution in [0.25, 0.3) is 0 Å². The quantitative estimate of drug-likeness (QED) is 0.570. The molecule has 1 saturated heterocycles. The summed E-state index contributed by atoms with van der Waals surface area (Å²) in [5.74, 6) is -3.13. The van der Waals surface area contributed by atoms with E-state index in [0.717, 1.165) is 6.42 Å². The SMILES string of the molecule is CC(C)(C)C12OCCCC1C2(F)F. The van der Waals surface area contributed by atoms with Crippen molar-refractivity contribution in [1.82, 2.24) is 0 Å². The molecule has 0 spiro atoms. The molecule has 76 valence electrons. The van der Waals surface area contributed by atoms with Crippen molar-refractivity contribution < 1.29 is 13.5 Å². The first-order valence-corrected chi connectivity index (χ1v) is 4.86. The van der Waals surface area contributed by atoms with Gasteiger partial charge in [0, 0.05) is 6.61 Å². The van der Waals surface area contributed by atoms with Crippen molar-refractivity contribution in [2.24, 2.45) is 11.3 Å². The molecule has 2 atom stereocenters. The molecule has 13 heavy (non-hydrogen) atoms. The lowest BCUT2D eigenvalue weighted by molar-refractivity contribution is -0.118. The predicted octanol–water partition coefficient (Wildman–Crippen LogP) is 2.85. The summed E-state index contributed by atoms with van der Waals surface area (Å²) in [6.07, 6.45) is 1.39. The van der Waals surface area contributed by atoms with E-state index in [9.17, 15) is 8.78 Å². The Morgan fingerprint density at radius 2 is 1.92 bits per heavy atom. The minimum absolute atomic E-state index is 0.457. The number of ether oxygens (including phenoxy) is 1. The van der Waals surface area contributed by atoms with E-state index in [1.54, 1.807) is 0 Å². The summed E-state index contributed by atoms with van der Waals surface area (Å²) in [4.78, 5) is 0. The third-order valence-electron chi connectivity index (χ3n) is 3.42. The van der Waals surface area contributed by atoms with Crippen LogP contribution < -0.4 is 0 Å². The molecule has 1 aliphatic carbocycles. The second-order valence-corrected chi connectivity index (χ2v) is 5.15. The number of halogens is 2. The minimum Gasteiger partial charge on any atom is -0.368 e. The van der Waals surface area contributed by atoms with E-state index in [1.807, 2.05) is 20.8 Å². The molecule has 0 aromatic rings. The van der Waals surface area contributed by atoms with Gasteiger partial charge in [0.05, 0.1) is 5.92 Å². The Kier molecular flexibility index (Phi) is 1.62. The van der Waals surface area contributed by atoms with Crippen LogP contribution >= 0.6 is 0 Å². The maximum atomic E-state index is 13.5. The van der Waals surface area contributed by atoms with E-state index in [-0.39, 0.29) is 0 Å². The molecule has 0 amide bonds. The van der Waals surface area contributed by atoms with Gasteiger partial charge >= 0.3 is 0 Å². The van der Waals surface area contributed by atoms with Gasteiger partial charge in [-0.15, -0.1) is 0 Å². The molecule has 2 rings (SSSR count). The maximum absolute atomic E-state index is 13.5. The predicted molar refractivity (Wildman–Crippen MR) is 45.8 cm³/mol. The molecule has 1 heterocycles. The van der Waals surface area contributed by atoms with Crippen molar-refractivity contribution >= 4 is 0 Å².